The summed E-state index contributed by atoms with van der Waals surface area (Å²) in [5.41, 5.74) is 0.0498. The van der Waals surface area contributed by atoms with E-state index in [0.717, 1.165) is 0 Å². The molecule has 1 aliphatic carbocycles. The van der Waals surface area contributed by atoms with Crippen LogP contribution in [0.5, 0.6) is 0 Å². The molecule has 1 aliphatic rings. The molecule has 0 unspecified atom stereocenters. The Hall–Kier alpha value is -1.29. The van der Waals surface area contributed by atoms with Crippen LogP contribution in [0.25, 0.3) is 0 Å². The zero-order chi connectivity index (χ0) is 13.9. The van der Waals surface area contributed by atoms with Crippen molar-refractivity contribution in [2.45, 2.75) is 37.6 Å². The summed E-state index contributed by atoms with van der Waals surface area (Å²) in [4.78, 5) is 12.9. The Labute approximate surface area is 112 Å². The van der Waals surface area contributed by atoms with Gasteiger partial charge in [-0.1, -0.05) is 30.3 Å². The Morgan fingerprint density at radius 2 is 1.79 bits per heavy atom. The van der Waals surface area contributed by atoms with E-state index in [2.05, 4.69) is 0 Å². The Bertz CT molecular complexity index is 423. The second-order valence-electron chi connectivity index (χ2n) is 5.26. The number of Topliss-reactive ketones (excluding diaryl/α,β-unsaturated/α-hetero) is 1. The van der Waals surface area contributed by atoms with Crippen LogP contribution in [0.2, 0.25) is 0 Å². The van der Waals surface area contributed by atoms with Gasteiger partial charge < -0.3 is 0 Å². The van der Waals surface area contributed by atoms with Crippen LogP contribution in [-0.4, -0.2) is 30.3 Å². The monoisotopic (exact) mass is 267 g/mol. The summed E-state index contributed by atoms with van der Waals surface area (Å²) in [6.45, 7) is -0.296. The molecule has 1 aromatic carbocycles. The number of carbonyl (C=O) groups is 1. The maximum absolute atomic E-state index is 14.1. The fraction of sp³-hybridized carbons (Fsp3) is 0.533. The zero-order valence-corrected chi connectivity index (χ0v) is 11.1. The lowest BCUT2D eigenvalue weighted by Crippen LogP contribution is -2.41. The van der Waals surface area contributed by atoms with Crippen LogP contribution in [0.4, 0.5) is 8.78 Å². The average Bonchev–Trinajstić information content (AvgIpc) is 2.40. The fourth-order valence-corrected chi connectivity index (χ4v) is 2.58. The maximum atomic E-state index is 14.1. The van der Waals surface area contributed by atoms with Crippen LogP contribution < -0.4 is 0 Å². The second-order valence-corrected chi connectivity index (χ2v) is 5.26. The summed E-state index contributed by atoms with van der Waals surface area (Å²) in [7, 11) is 1.72. The van der Waals surface area contributed by atoms with Crippen molar-refractivity contribution in [3.8, 4) is 0 Å². The standard InChI is InChI=1S/C15H19F2NO/c1-18(13-7-9-14(19)10-8-13)11-15(16,17)12-5-3-2-4-6-12/h2-6,13H,7-11H2,1H3. The molecule has 1 saturated carbocycles. The van der Waals surface area contributed by atoms with Gasteiger partial charge >= 0.3 is 0 Å². The molecule has 0 amide bonds. The topological polar surface area (TPSA) is 20.3 Å². The SMILES string of the molecule is CN(CC(F)(F)c1ccccc1)C1CCC(=O)CC1. The van der Waals surface area contributed by atoms with E-state index in [1.54, 1.807) is 30.1 Å². The molecule has 0 bridgehead atoms. The summed E-state index contributed by atoms with van der Waals surface area (Å²) in [5.74, 6) is -2.60. The smallest absolute Gasteiger partial charge is 0.285 e. The number of carbonyl (C=O) groups excluding carboxylic acids is 1. The third-order valence-corrected chi connectivity index (χ3v) is 3.78. The van der Waals surface area contributed by atoms with Crippen molar-refractivity contribution in [1.82, 2.24) is 4.90 Å². The highest BCUT2D eigenvalue weighted by atomic mass is 19.3. The van der Waals surface area contributed by atoms with Gasteiger partial charge in [0.15, 0.2) is 0 Å². The molecule has 0 aromatic heterocycles. The third kappa shape index (κ3) is 3.60. The minimum atomic E-state index is -2.85. The van der Waals surface area contributed by atoms with E-state index in [4.69, 9.17) is 0 Å². The van der Waals surface area contributed by atoms with E-state index in [1.165, 1.54) is 12.1 Å². The molecule has 1 aromatic rings. The number of hydrogen-bond acceptors (Lipinski definition) is 2. The molecular weight excluding hydrogens is 248 g/mol. The largest absolute Gasteiger partial charge is 0.300 e. The number of alkyl halides is 2. The number of nitrogens with zero attached hydrogens (tertiary/aromatic N) is 1. The van der Waals surface area contributed by atoms with Gasteiger partial charge in [-0.15, -0.1) is 0 Å². The van der Waals surface area contributed by atoms with Crippen molar-refractivity contribution >= 4 is 5.78 Å². The molecule has 0 N–H and O–H groups in total. The van der Waals surface area contributed by atoms with E-state index in [9.17, 15) is 13.6 Å². The zero-order valence-electron chi connectivity index (χ0n) is 11.1. The summed E-state index contributed by atoms with van der Waals surface area (Å²) in [6.07, 6.45) is 2.43. The highest BCUT2D eigenvalue weighted by Crippen LogP contribution is 2.30. The Kier molecular flexibility index (Phi) is 4.30. The average molecular weight is 267 g/mol. The highest BCUT2D eigenvalue weighted by molar-refractivity contribution is 5.79. The van der Waals surface area contributed by atoms with Crippen LogP contribution in [-0.2, 0) is 10.7 Å². The van der Waals surface area contributed by atoms with E-state index in [-0.39, 0.29) is 23.9 Å². The van der Waals surface area contributed by atoms with Gasteiger partial charge in [-0.05, 0) is 19.9 Å². The Balaban J connectivity index is 1.98. The van der Waals surface area contributed by atoms with Crippen molar-refractivity contribution in [2.75, 3.05) is 13.6 Å². The lowest BCUT2D eigenvalue weighted by molar-refractivity contribution is -0.121. The molecule has 2 rings (SSSR count). The molecule has 0 atom stereocenters. The predicted molar refractivity (Wildman–Crippen MR) is 70.2 cm³/mol. The molecule has 104 valence electrons. The number of hydrogen-bond donors (Lipinski definition) is 0. The summed E-state index contributed by atoms with van der Waals surface area (Å²) < 4.78 is 28.3. The molecule has 0 spiro atoms. The van der Waals surface area contributed by atoms with Gasteiger partial charge in [0.05, 0.1) is 6.54 Å². The normalized spacial score (nSPS) is 18.0. The summed E-state index contributed by atoms with van der Waals surface area (Å²) in [5, 5.41) is 0. The van der Waals surface area contributed by atoms with Crippen LogP contribution in [0.3, 0.4) is 0 Å². The molecule has 0 aliphatic heterocycles. The lowest BCUT2D eigenvalue weighted by Gasteiger charge is -2.33. The third-order valence-electron chi connectivity index (χ3n) is 3.78. The minimum absolute atomic E-state index is 0.0498. The van der Waals surface area contributed by atoms with Crippen molar-refractivity contribution in [3.63, 3.8) is 0 Å². The number of ketones is 1. The molecular formula is C15H19F2NO. The first-order chi connectivity index (χ1) is 8.99. The van der Waals surface area contributed by atoms with Crippen molar-refractivity contribution in [2.24, 2.45) is 0 Å². The van der Waals surface area contributed by atoms with E-state index < -0.39 is 5.92 Å². The number of halogens is 2. The first-order valence-corrected chi connectivity index (χ1v) is 6.64. The first kappa shape index (κ1) is 14.1. The van der Waals surface area contributed by atoms with Gasteiger partial charge in [0.2, 0.25) is 0 Å². The summed E-state index contributed by atoms with van der Waals surface area (Å²) >= 11 is 0. The molecule has 0 saturated heterocycles. The Morgan fingerprint density at radius 3 is 2.37 bits per heavy atom. The van der Waals surface area contributed by atoms with E-state index in [0.29, 0.717) is 25.7 Å². The summed E-state index contributed by atoms with van der Waals surface area (Å²) in [6, 6.07) is 7.99. The van der Waals surface area contributed by atoms with Crippen LogP contribution in [0.15, 0.2) is 30.3 Å². The quantitative estimate of drug-likeness (QED) is 0.834. The molecule has 2 nitrogen and oxygen atoms in total. The van der Waals surface area contributed by atoms with Crippen LogP contribution in [0, 0.1) is 0 Å². The number of rotatable bonds is 4. The Morgan fingerprint density at radius 1 is 1.21 bits per heavy atom. The fourth-order valence-electron chi connectivity index (χ4n) is 2.58. The minimum Gasteiger partial charge on any atom is -0.300 e. The molecule has 1 fully saturated rings. The highest BCUT2D eigenvalue weighted by Gasteiger charge is 2.35. The van der Waals surface area contributed by atoms with Gasteiger partial charge in [-0.25, -0.2) is 0 Å². The predicted octanol–water partition coefficient (Wildman–Crippen LogP) is 3.22. The van der Waals surface area contributed by atoms with Gasteiger partial charge in [-0.3, -0.25) is 9.69 Å². The maximum Gasteiger partial charge on any atom is 0.285 e. The van der Waals surface area contributed by atoms with Gasteiger partial charge in [0, 0.05) is 24.4 Å². The van der Waals surface area contributed by atoms with Gasteiger partial charge in [-0.2, -0.15) is 8.78 Å². The molecule has 0 radical (unpaired) electrons. The van der Waals surface area contributed by atoms with Gasteiger partial charge in [0.25, 0.3) is 5.92 Å². The van der Waals surface area contributed by atoms with E-state index in [1.807, 2.05) is 0 Å². The first-order valence-electron chi connectivity index (χ1n) is 6.64. The molecule has 0 heterocycles. The number of likely N-dealkylation sites (N-methyl/N-ethyl adjacent to an activating group) is 1. The van der Waals surface area contributed by atoms with Crippen molar-refractivity contribution < 1.29 is 13.6 Å². The van der Waals surface area contributed by atoms with Crippen molar-refractivity contribution in [1.29, 1.82) is 0 Å². The van der Waals surface area contributed by atoms with Crippen LogP contribution in [0.1, 0.15) is 31.2 Å². The molecule has 19 heavy (non-hydrogen) atoms. The van der Waals surface area contributed by atoms with Crippen molar-refractivity contribution in [3.05, 3.63) is 35.9 Å². The van der Waals surface area contributed by atoms with E-state index >= 15 is 0 Å². The van der Waals surface area contributed by atoms with Crippen LogP contribution >= 0.6 is 0 Å². The van der Waals surface area contributed by atoms with Gasteiger partial charge in [0.1, 0.15) is 5.78 Å². The molecule has 4 heteroatoms. The number of benzene rings is 1. The second kappa shape index (κ2) is 5.78. The lowest BCUT2D eigenvalue weighted by atomic mass is 9.93.